The van der Waals surface area contributed by atoms with Crippen LogP contribution in [0.4, 0.5) is 11.4 Å². The lowest BCUT2D eigenvalue weighted by Crippen LogP contribution is -2.06. The van der Waals surface area contributed by atoms with Crippen LogP contribution in [-0.4, -0.2) is 11.1 Å². The Morgan fingerprint density at radius 2 is 2.24 bits per heavy atom. The summed E-state index contributed by atoms with van der Waals surface area (Å²) < 4.78 is 5.14. The number of carboxylic acid groups (broad SMARTS) is 1. The molecule has 0 fully saturated rings. The molecule has 2 aromatic rings. The molecule has 1 aromatic heterocycles. The molecule has 88 valence electrons. The van der Waals surface area contributed by atoms with E-state index in [9.17, 15) is 4.79 Å². The van der Waals surface area contributed by atoms with Crippen LogP contribution in [0.1, 0.15) is 16.1 Å². The predicted molar refractivity (Wildman–Crippen MR) is 63.8 cm³/mol. The summed E-state index contributed by atoms with van der Waals surface area (Å²) in [5, 5.41) is 12.0. The summed E-state index contributed by atoms with van der Waals surface area (Å²) in [6.45, 7) is 0.428. The van der Waals surface area contributed by atoms with Crippen LogP contribution in [0.2, 0.25) is 0 Å². The molecule has 0 radical (unpaired) electrons. The van der Waals surface area contributed by atoms with Crippen molar-refractivity contribution in [2.45, 2.75) is 6.54 Å². The maximum absolute atomic E-state index is 11.0. The molecule has 2 rings (SSSR count). The summed E-state index contributed by atoms with van der Waals surface area (Å²) in [7, 11) is 0. The van der Waals surface area contributed by atoms with Crippen LogP contribution in [0.25, 0.3) is 0 Å². The molecule has 0 aliphatic carbocycles. The number of furan rings is 1. The molecule has 0 aliphatic heterocycles. The molecule has 0 unspecified atom stereocenters. The average molecular weight is 232 g/mol. The third-order valence-electron chi connectivity index (χ3n) is 2.31. The van der Waals surface area contributed by atoms with Gasteiger partial charge in [-0.2, -0.15) is 0 Å². The van der Waals surface area contributed by atoms with Crippen molar-refractivity contribution in [2.75, 3.05) is 11.1 Å². The summed E-state index contributed by atoms with van der Waals surface area (Å²) in [6, 6.07) is 8.30. The number of nitrogens with two attached hydrogens (primary N) is 1. The standard InChI is InChI=1S/C12H12N2O3/c13-8-3-4-11(10(6-8)12(15)16)14-7-9-2-1-5-17-9/h1-6,14H,7,13H2,(H,15,16). The second-order valence-electron chi connectivity index (χ2n) is 3.54. The summed E-state index contributed by atoms with van der Waals surface area (Å²) in [5.74, 6) is -0.280. The lowest BCUT2D eigenvalue weighted by molar-refractivity contribution is 0.0698. The zero-order valence-corrected chi connectivity index (χ0v) is 9.01. The first-order valence-electron chi connectivity index (χ1n) is 5.06. The first-order valence-corrected chi connectivity index (χ1v) is 5.06. The maximum Gasteiger partial charge on any atom is 0.337 e. The fraction of sp³-hybridized carbons (Fsp3) is 0.0833. The van der Waals surface area contributed by atoms with Crippen molar-refractivity contribution in [1.82, 2.24) is 0 Å². The smallest absolute Gasteiger partial charge is 0.337 e. The fourth-order valence-electron chi connectivity index (χ4n) is 1.49. The van der Waals surface area contributed by atoms with Gasteiger partial charge >= 0.3 is 5.97 Å². The number of hydrogen-bond donors (Lipinski definition) is 3. The highest BCUT2D eigenvalue weighted by Gasteiger charge is 2.10. The Bertz CT molecular complexity index is 521. The Labute approximate surface area is 97.9 Å². The molecule has 5 heteroatoms. The number of carbonyl (C=O) groups is 1. The second kappa shape index (κ2) is 4.61. The normalized spacial score (nSPS) is 10.1. The first kappa shape index (κ1) is 11.1. The molecule has 4 N–H and O–H groups in total. The van der Waals surface area contributed by atoms with Crippen molar-refractivity contribution in [3.63, 3.8) is 0 Å². The predicted octanol–water partition coefficient (Wildman–Crippen LogP) is 2.17. The Kier molecular flexibility index (Phi) is 3.00. The Morgan fingerprint density at radius 3 is 2.88 bits per heavy atom. The van der Waals surface area contributed by atoms with E-state index in [0.29, 0.717) is 17.9 Å². The Morgan fingerprint density at radius 1 is 1.41 bits per heavy atom. The highest BCUT2D eigenvalue weighted by atomic mass is 16.4. The lowest BCUT2D eigenvalue weighted by Gasteiger charge is -2.08. The third kappa shape index (κ3) is 2.57. The zero-order chi connectivity index (χ0) is 12.3. The van der Waals surface area contributed by atoms with Crippen molar-refractivity contribution >= 4 is 17.3 Å². The van der Waals surface area contributed by atoms with Crippen LogP contribution >= 0.6 is 0 Å². The van der Waals surface area contributed by atoms with Gasteiger partial charge in [0.2, 0.25) is 0 Å². The topological polar surface area (TPSA) is 88.5 Å². The number of anilines is 2. The number of rotatable bonds is 4. The van der Waals surface area contributed by atoms with Gasteiger partial charge in [-0.3, -0.25) is 0 Å². The van der Waals surface area contributed by atoms with Gasteiger partial charge in [-0.25, -0.2) is 4.79 Å². The molecule has 0 spiro atoms. The van der Waals surface area contributed by atoms with Crippen molar-refractivity contribution in [3.8, 4) is 0 Å². The van der Waals surface area contributed by atoms with Crippen molar-refractivity contribution in [3.05, 3.63) is 47.9 Å². The minimum Gasteiger partial charge on any atom is -0.478 e. The quantitative estimate of drug-likeness (QED) is 0.703. The van der Waals surface area contributed by atoms with E-state index in [2.05, 4.69) is 5.32 Å². The van der Waals surface area contributed by atoms with E-state index in [1.54, 1.807) is 24.5 Å². The number of benzene rings is 1. The monoisotopic (exact) mass is 232 g/mol. The molecule has 0 saturated carbocycles. The van der Waals surface area contributed by atoms with E-state index < -0.39 is 5.97 Å². The van der Waals surface area contributed by atoms with Gasteiger partial charge in [-0.1, -0.05) is 0 Å². The van der Waals surface area contributed by atoms with Gasteiger partial charge in [0.15, 0.2) is 0 Å². The van der Waals surface area contributed by atoms with Crippen molar-refractivity contribution < 1.29 is 14.3 Å². The van der Waals surface area contributed by atoms with Crippen LogP contribution in [-0.2, 0) is 6.54 Å². The minimum atomic E-state index is -1.01. The summed E-state index contributed by atoms with van der Waals surface area (Å²) in [6.07, 6.45) is 1.57. The van der Waals surface area contributed by atoms with E-state index in [0.717, 1.165) is 5.76 Å². The SMILES string of the molecule is Nc1ccc(NCc2ccco2)c(C(=O)O)c1. The highest BCUT2D eigenvalue weighted by molar-refractivity contribution is 5.95. The molecular formula is C12H12N2O3. The van der Waals surface area contributed by atoms with Gasteiger partial charge in [-0.15, -0.1) is 0 Å². The van der Waals surface area contributed by atoms with Crippen LogP contribution in [0.15, 0.2) is 41.0 Å². The van der Waals surface area contributed by atoms with E-state index in [-0.39, 0.29) is 5.56 Å². The van der Waals surface area contributed by atoms with Gasteiger partial charge in [-0.05, 0) is 30.3 Å². The van der Waals surface area contributed by atoms with Gasteiger partial charge < -0.3 is 20.6 Å². The highest BCUT2D eigenvalue weighted by Crippen LogP contribution is 2.19. The molecule has 0 saturated heterocycles. The number of aromatic carboxylic acids is 1. The minimum absolute atomic E-state index is 0.150. The van der Waals surface area contributed by atoms with E-state index in [1.807, 2.05) is 6.07 Å². The van der Waals surface area contributed by atoms with Gasteiger partial charge in [0.25, 0.3) is 0 Å². The fourth-order valence-corrected chi connectivity index (χ4v) is 1.49. The molecule has 1 aromatic carbocycles. The largest absolute Gasteiger partial charge is 0.478 e. The van der Waals surface area contributed by atoms with Gasteiger partial charge in [0.1, 0.15) is 5.76 Å². The van der Waals surface area contributed by atoms with Gasteiger partial charge in [0.05, 0.1) is 18.4 Å². The zero-order valence-electron chi connectivity index (χ0n) is 9.01. The van der Waals surface area contributed by atoms with Crippen LogP contribution in [0.3, 0.4) is 0 Å². The number of nitrogen functional groups attached to an aromatic ring is 1. The molecule has 1 heterocycles. The van der Waals surface area contributed by atoms with Crippen molar-refractivity contribution in [2.24, 2.45) is 0 Å². The summed E-state index contributed by atoms with van der Waals surface area (Å²) in [5.41, 5.74) is 6.63. The van der Waals surface area contributed by atoms with Crippen molar-refractivity contribution in [1.29, 1.82) is 0 Å². The molecule has 5 nitrogen and oxygen atoms in total. The van der Waals surface area contributed by atoms with Crippen LogP contribution < -0.4 is 11.1 Å². The molecule has 0 amide bonds. The van der Waals surface area contributed by atoms with Crippen LogP contribution in [0, 0.1) is 0 Å². The average Bonchev–Trinajstić information content (AvgIpc) is 2.80. The van der Waals surface area contributed by atoms with E-state index in [1.165, 1.54) is 6.07 Å². The van der Waals surface area contributed by atoms with Crippen LogP contribution in [0.5, 0.6) is 0 Å². The van der Waals surface area contributed by atoms with Gasteiger partial charge in [0, 0.05) is 11.4 Å². The van der Waals surface area contributed by atoms with E-state index >= 15 is 0 Å². The van der Waals surface area contributed by atoms with E-state index in [4.69, 9.17) is 15.3 Å². The molecular weight excluding hydrogens is 220 g/mol. The molecule has 0 aliphatic rings. The first-order chi connectivity index (χ1) is 8.16. The maximum atomic E-state index is 11.0. The lowest BCUT2D eigenvalue weighted by atomic mass is 10.1. The summed E-state index contributed by atoms with van der Waals surface area (Å²) in [4.78, 5) is 11.0. The molecule has 17 heavy (non-hydrogen) atoms. The number of carboxylic acids is 1. The second-order valence-corrected chi connectivity index (χ2v) is 3.54. The number of hydrogen-bond acceptors (Lipinski definition) is 4. The summed E-state index contributed by atoms with van der Waals surface area (Å²) >= 11 is 0. The Hall–Kier alpha value is -2.43. The Balaban J connectivity index is 2.17. The molecule has 0 atom stereocenters. The third-order valence-corrected chi connectivity index (χ3v) is 2.31. The number of nitrogens with one attached hydrogen (secondary N) is 1. The molecule has 0 bridgehead atoms.